The Morgan fingerprint density at radius 2 is 1.13 bits per heavy atom. The molecule has 0 saturated heterocycles. The van der Waals surface area contributed by atoms with E-state index in [2.05, 4.69) is 5.32 Å². The standard InChI is InChI=1S/C34H29NO3/c1-38-32(36)31(24-26-16-13-15-25-14-11-12-23-30(25)26)35-33(37)34(27-17-5-2-6-18-27,28-19-7-3-8-20-28)29-21-9-4-10-22-29/h2-23,31H,24H2,1H3,(H,35,37)/t31-/m1/s1. The number of carbonyl (C=O) groups excluding carboxylic acids is 2. The summed E-state index contributed by atoms with van der Waals surface area (Å²) in [7, 11) is 1.35. The summed E-state index contributed by atoms with van der Waals surface area (Å²) in [6.45, 7) is 0. The van der Waals surface area contributed by atoms with Gasteiger partial charge in [0.2, 0.25) is 5.91 Å². The molecule has 0 unspecified atom stereocenters. The molecule has 0 aromatic heterocycles. The molecule has 1 N–H and O–H groups in total. The zero-order chi connectivity index (χ0) is 26.4. The van der Waals surface area contributed by atoms with Gasteiger partial charge in [0, 0.05) is 6.42 Å². The quantitative estimate of drug-likeness (QED) is 0.208. The fourth-order valence-corrected chi connectivity index (χ4v) is 5.25. The van der Waals surface area contributed by atoms with E-state index in [9.17, 15) is 9.59 Å². The Morgan fingerprint density at radius 3 is 1.66 bits per heavy atom. The van der Waals surface area contributed by atoms with Crippen molar-refractivity contribution in [2.24, 2.45) is 0 Å². The number of hydrogen-bond donors (Lipinski definition) is 1. The Balaban J connectivity index is 1.63. The summed E-state index contributed by atoms with van der Waals surface area (Å²) in [6.07, 6.45) is 0.300. The second-order valence-electron chi connectivity index (χ2n) is 9.24. The van der Waals surface area contributed by atoms with Gasteiger partial charge in [-0.1, -0.05) is 133 Å². The van der Waals surface area contributed by atoms with Crippen LogP contribution in [-0.2, 0) is 26.2 Å². The summed E-state index contributed by atoms with van der Waals surface area (Å²) in [6, 6.07) is 42.2. The highest BCUT2D eigenvalue weighted by Crippen LogP contribution is 2.39. The molecule has 0 aliphatic carbocycles. The van der Waals surface area contributed by atoms with Crippen LogP contribution < -0.4 is 5.32 Å². The first-order valence-corrected chi connectivity index (χ1v) is 12.7. The molecule has 5 rings (SSSR count). The van der Waals surface area contributed by atoms with E-state index in [0.717, 1.165) is 33.0 Å². The fraction of sp³-hybridized carbons (Fsp3) is 0.118. The van der Waals surface area contributed by atoms with Crippen LogP contribution in [-0.4, -0.2) is 25.0 Å². The highest BCUT2D eigenvalue weighted by molar-refractivity contribution is 5.98. The van der Waals surface area contributed by atoms with E-state index in [1.165, 1.54) is 7.11 Å². The van der Waals surface area contributed by atoms with E-state index < -0.39 is 17.4 Å². The lowest BCUT2D eigenvalue weighted by Gasteiger charge is -2.35. The number of nitrogens with one attached hydrogen (secondary N) is 1. The number of methoxy groups -OCH3 is 1. The van der Waals surface area contributed by atoms with Crippen molar-refractivity contribution >= 4 is 22.6 Å². The van der Waals surface area contributed by atoms with Gasteiger partial charge in [-0.25, -0.2) is 4.79 Å². The topological polar surface area (TPSA) is 55.4 Å². The molecule has 5 aromatic carbocycles. The van der Waals surface area contributed by atoms with Crippen molar-refractivity contribution in [3.63, 3.8) is 0 Å². The smallest absolute Gasteiger partial charge is 0.328 e. The molecule has 0 bridgehead atoms. The van der Waals surface area contributed by atoms with Crippen LogP contribution in [0.5, 0.6) is 0 Å². The summed E-state index contributed by atoms with van der Waals surface area (Å²) in [5.41, 5.74) is 2.20. The SMILES string of the molecule is COC(=O)[C@@H](Cc1cccc2ccccc12)NC(=O)C(c1ccccc1)(c1ccccc1)c1ccccc1. The van der Waals surface area contributed by atoms with Crippen LogP contribution in [0.4, 0.5) is 0 Å². The maximum absolute atomic E-state index is 14.6. The third kappa shape index (κ3) is 4.69. The molecule has 1 atom stereocenters. The minimum Gasteiger partial charge on any atom is -0.467 e. The second-order valence-corrected chi connectivity index (χ2v) is 9.24. The van der Waals surface area contributed by atoms with E-state index in [1.54, 1.807) is 0 Å². The highest BCUT2D eigenvalue weighted by Gasteiger charge is 2.45. The van der Waals surface area contributed by atoms with Crippen LogP contribution in [0.25, 0.3) is 10.8 Å². The molecule has 4 heteroatoms. The molecule has 188 valence electrons. The average molecular weight is 500 g/mol. The molecule has 1 amide bonds. The summed E-state index contributed by atoms with van der Waals surface area (Å²) < 4.78 is 5.17. The van der Waals surface area contributed by atoms with Crippen molar-refractivity contribution in [2.45, 2.75) is 17.9 Å². The minimum absolute atomic E-state index is 0.295. The molecule has 5 aromatic rings. The zero-order valence-corrected chi connectivity index (χ0v) is 21.2. The molecule has 0 saturated carbocycles. The maximum Gasteiger partial charge on any atom is 0.328 e. The Hall–Kier alpha value is -4.70. The maximum atomic E-state index is 14.6. The number of rotatable bonds is 8. The number of amides is 1. The molecule has 4 nitrogen and oxygen atoms in total. The van der Waals surface area contributed by atoms with Crippen LogP contribution in [0.1, 0.15) is 22.3 Å². The van der Waals surface area contributed by atoms with E-state index >= 15 is 0 Å². The highest BCUT2D eigenvalue weighted by atomic mass is 16.5. The molecular formula is C34H29NO3. The number of hydrogen-bond acceptors (Lipinski definition) is 3. The largest absolute Gasteiger partial charge is 0.467 e. The van der Waals surface area contributed by atoms with Gasteiger partial charge in [-0.15, -0.1) is 0 Å². The monoisotopic (exact) mass is 499 g/mol. The van der Waals surface area contributed by atoms with Crippen molar-refractivity contribution < 1.29 is 14.3 Å². The van der Waals surface area contributed by atoms with Gasteiger partial charge in [-0.3, -0.25) is 4.79 Å². The summed E-state index contributed by atoms with van der Waals surface area (Å²) >= 11 is 0. The normalized spacial score (nSPS) is 12.0. The summed E-state index contributed by atoms with van der Waals surface area (Å²) in [5.74, 6) is -0.786. The van der Waals surface area contributed by atoms with E-state index in [4.69, 9.17) is 4.74 Å². The molecular weight excluding hydrogens is 470 g/mol. The van der Waals surface area contributed by atoms with Crippen LogP contribution in [0.15, 0.2) is 133 Å². The van der Waals surface area contributed by atoms with E-state index in [1.807, 2.05) is 133 Å². The van der Waals surface area contributed by atoms with Crippen molar-refractivity contribution in [1.82, 2.24) is 5.32 Å². The van der Waals surface area contributed by atoms with Crippen molar-refractivity contribution in [3.05, 3.63) is 156 Å². The number of carbonyl (C=O) groups is 2. The average Bonchev–Trinajstić information content (AvgIpc) is 2.98. The van der Waals surface area contributed by atoms with Gasteiger partial charge in [-0.2, -0.15) is 0 Å². The first-order chi connectivity index (χ1) is 18.6. The molecule has 38 heavy (non-hydrogen) atoms. The predicted octanol–water partition coefficient (Wildman–Crippen LogP) is 6.07. The number of ether oxygens (including phenoxy) is 1. The van der Waals surface area contributed by atoms with Gasteiger partial charge in [0.15, 0.2) is 0 Å². The number of esters is 1. The van der Waals surface area contributed by atoms with Gasteiger partial charge in [-0.05, 0) is 33.0 Å². The van der Waals surface area contributed by atoms with Gasteiger partial charge < -0.3 is 10.1 Å². The molecule has 0 spiro atoms. The molecule has 0 aliphatic rings. The predicted molar refractivity (Wildman–Crippen MR) is 151 cm³/mol. The Bertz CT molecular complexity index is 1430. The van der Waals surface area contributed by atoms with Gasteiger partial charge in [0.1, 0.15) is 11.5 Å². The number of fused-ring (bicyclic) bond motifs is 1. The minimum atomic E-state index is -1.19. The van der Waals surface area contributed by atoms with Crippen molar-refractivity contribution in [2.75, 3.05) is 7.11 Å². The molecule has 0 radical (unpaired) electrons. The fourth-order valence-electron chi connectivity index (χ4n) is 5.25. The zero-order valence-electron chi connectivity index (χ0n) is 21.2. The summed E-state index contributed by atoms with van der Waals surface area (Å²) in [5, 5.41) is 5.22. The second kappa shape index (κ2) is 11.1. The number of benzene rings is 5. The first kappa shape index (κ1) is 25.0. The lowest BCUT2D eigenvalue weighted by molar-refractivity contribution is -0.145. The van der Waals surface area contributed by atoms with Crippen LogP contribution in [0, 0.1) is 0 Å². The Kier molecular flexibility index (Phi) is 7.32. The third-order valence-corrected chi connectivity index (χ3v) is 7.06. The molecule has 0 fully saturated rings. The third-order valence-electron chi connectivity index (χ3n) is 7.06. The van der Waals surface area contributed by atoms with Gasteiger partial charge >= 0.3 is 5.97 Å². The molecule has 0 aliphatic heterocycles. The van der Waals surface area contributed by atoms with E-state index in [-0.39, 0.29) is 5.91 Å². The summed E-state index contributed by atoms with van der Waals surface area (Å²) in [4.78, 5) is 27.7. The lowest BCUT2D eigenvalue weighted by atomic mass is 9.68. The van der Waals surface area contributed by atoms with Gasteiger partial charge in [0.05, 0.1) is 7.11 Å². The van der Waals surface area contributed by atoms with E-state index in [0.29, 0.717) is 6.42 Å². The lowest BCUT2D eigenvalue weighted by Crippen LogP contribution is -2.52. The Morgan fingerprint density at radius 1 is 0.658 bits per heavy atom. The van der Waals surface area contributed by atoms with Crippen LogP contribution >= 0.6 is 0 Å². The molecule has 0 heterocycles. The van der Waals surface area contributed by atoms with Crippen molar-refractivity contribution in [3.8, 4) is 0 Å². The van der Waals surface area contributed by atoms with Gasteiger partial charge in [0.25, 0.3) is 0 Å². The first-order valence-electron chi connectivity index (χ1n) is 12.7. The van der Waals surface area contributed by atoms with Crippen LogP contribution in [0.2, 0.25) is 0 Å². The Labute approximate surface area is 222 Å². The van der Waals surface area contributed by atoms with Crippen molar-refractivity contribution in [1.29, 1.82) is 0 Å². The van der Waals surface area contributed by atoms with Crippen LogP contribution in [0.3, 0.4) is 0 Å².